The first-order chi connectivity index (χ1) is 8.52. The molecule has 0 radical (unpaired) electrons. The van der Waals surface area contributed by atoms with E-state index in [9.17, 15) is 5.11 Å². The van der Waals surface area contributed by atoms with Crippen LogP contribution in [0.15, 0.2) is 0 Å². The Morgan fingerprint density at radius 3 is 2.67 bits per heavy atom. The van der Waals surface area contributed by atoms with Crippen LogP contribution < -0.4 is 5.73 Å². The van der Waals surface area contributed by atoms with Crippen LogP contribution in [0.3, 0.4) is 0 Å². The lowest BCUT2D eigenvalue weighted by Gasteiger charge is -2.22. The summed E-state index contributed by atoms with van der Waals surface area (Å²) < 4.78 is 10.5. The Hall–Kier alpha value is -0.200. The van der Waals surface area contributed by atoms with Crippen LogP contribution in [-0.2, 0) is 9.47 Å². The molecule has 1 rings (SSSR count). The number of β-amino-alcohol motifs (C(OH)–C–C–N with tert-alkyl or cyclic N) is 1. The maximum absolute atomic E-state index is 9.91. The average Bonchev–Trinajstić information content (AvgIpc) is 2.75. The molecule has 4 unspecified atom stereocenters. The van der Waals surface area contributed by atoms with E-state index in [4.69, 9.17) is 15.2 Å². The van der Waals surface area contributed by atoms with Crippen LogP contribution in [0, 0.1) is 5.92 Å². The van der Waals surface area contributed by atoms with Crippen molar-refractivity contribution in [2.45, 2.75) is 38.5 Å². The van der Waals surface area contributed by atoms with Crippen LogP contribution in [0.1, 0.15) is 20.3 Å². The highest BCUT2D eigenvalue weighted by Gasteiger charge is 2.26. The molecule has 1 aliphatic rings. The average molecular weight is 260 g/mol. The minimum absolute atomic E-state index is 0.0278. The minimum Gasteiger partial charge on any atom is -0.389 e. The SMILES string of the molecule is COCC(C)OCC(O)CN1CCC(C(C)N)C1. The molecule has 3 N–H and O–H groups in total. The van der Waals surface area contributed by atoms with Gasteiger partial charge in [0.2, 0.25) is 0 Å². The number of aliphatic hydroxyl groups excluding tert-OH is 1. The van der Waals surface area contributed by atoms with Crippen LogP contribution in [-0.4, -0.2) is 68.2 Å². The number of ether oxygens (including phenoxy) is 2. The number of nitrogens with zero attached hydrogens (tertiary/aromatic N) is 1. The van der Waals surface area contributed by atoms with Crippen molar-refractivity contribution in [1.82, 2.24) is 4.90 Å². The molecule has 18 heavy (non-hydrogen) atoms. The predicted octanol–water partition coefficient (Wildman–Crippen LogP) is 0.0679. The van der Waals surface area contributed by atoms with Crippen LogP contribution >= 0.6 is 0 Å². The summed E-state index contributed by atoms with van der Waals surface area (Å²) in [7, 11) is 1.65. The van der Waals surface area contributed by atoms with Crippen molar-refractivity contribution >= 4 is 0 Å². The lowest BCUT2D eigenvalue weighted by atomic mass is 10.0. The molecule has 4 atom stereocenters. The molecule has 1 saturated heterocycles. The first-order valence-electron chi connectivity index (χ1n) is 6.79. The fraction of sp³-hybridized carbons (Fsp3) is 1.00. The van der Waals surface area contributed by atoms with Crippen LogP contribution in [0.2, 0.25) is 0 Å². The summed E-state index contributed by atoms with van der Waals surface area (Å²) in [5, 5.41) is 9.91. The number of hydrogen-bond acceptors (Lipinski definition) is 5. The first kappa shape index (κ1) is 15.9. The quantitative estimate of drug-likeness (QED) is 0.646. The monoisotopic (exact) mass is 260 g/mol. The van der Waals surface area contributed by atoms with E-state index < -0.39 is 6.10 Å². The summed E-state index contributed by atoms with van der Waals surface area (Å²) in [6, 6.07) is 0.241. The normalized spacial score (nSPS) is 26.2. The van der Waals surface area contributed by atoms with Crippen molar-refractivity contribution in [2.24, 2.45) is 11.7 Å². The van der Waals surface area contributed by atoms with E-state index >= 15 is 0 Å². The highest BCUT2D eigenvalue weighted by Crippen LogP contribution is 2.18. The highest BCUT2D eigenvalue weighted by atomic mass is 16.5. The third-order valence-corrected chi connectivity index (χ3v) is 3.50. The molecule has 1 aliphatic heterocycles. The summed E-state index contributed by atoms with van der Waals surface area (Å²) in [5.41, 5.74) is 5.89. The maximum atomic E-state index is 9.91. The molecule has 0 aliphatic carbocycles. The molecule has 0 spiro atoms. The summed E-state index contributed by atoms with van der Waals surface area (Å²) in [4.78, 5) is 2.27. The molecular weight excluding hydrogens is 232 g/mol. The summed E-state index contributed by atoms with van der Waals surface area (Å²) in [6.07, 6.45) is 0.724. The summed E-state index contributed by atoms with van der Waals surface area (Å²) in [6.45, 7) is 7.60. The van der Waals surface area contributed by atoms with Gasteiger partial charge in [-0.1, -0.05) is 0 Å². The zero-order chi connectivity index (χ0) is 13.5. The largest absolute Gasteiger partial charge is 0.389 e. The molecule has 0 aromatic heterocycles. The molecule has 0 aromatic carbocycles. The van der Waals surface area contributed by atoms with E-state index in [0.29, 0.717) is 25.7 Å². The van der Waals surface area contributed by atoms with Crippen molar-refractivity contribution in [2.75, 3.05) is 40.0 Å². The number of nitrogens with two attached hydrogens (primary N) is 1. The van der Waals surface area contributed by atoms with Gasteiger partial charge in [-0.15, -0.1) is 0 Å². The third-order valence-electron chi connectivity index (χ3n) is 3.50. The molecule has 108 valence electrons. The topological polar surface area (TPSA) is 68.0 Å². The van der Waals surface area contributed by atoms with Crippen molar-refractivity contribution < 1.29 is 14.6 Å². The first-order valence-corrected chi connectivity index (χ1v) is 6.79. The van der Waals surface area contributed by atoms with E-state index in [1.807, 2.05) is 6.92 Å². The standard InChI is InChI=1S/C13H28N2O3/c1-10(8-17-3)18-9-13(16)7-15-5-4-12(6-15)11(2)14/h10-13,16H,4-9,14H2,1-3H3. The lowest BCUT2D eigenvalue weighted by Crippen LogP contribution is -2.36. The molecule has 0 saturated carbocycles. The van der Waals surface area contributed by atoms with Gasteiger partial charge in [-0.3, -0.25) is 0 Å². The van der Waals surface area contributed by atoms with E-state index in [2.05, 4.69) is 11.8 Å². The Morgan fingerprint density at radius 1 is 1.39 bits per heavy atom. The van der Waals surface area contributed by atoms with Gasteiger partial charge in [0.15, 0.2) is 0 Å². The Labute approximate surface area is 110 Å². The number of likely N-dealkylation sites (tertiary alicyclic amines) is 1. The van der Waals surface area contributed by atoms with Gasteiger partial charge in [-0.05, 0) is 32.7 Å². The summed E-state index contributed by atoms with van der Waals surface area (Å²) in [5.74, 6) is 0.561. The highest BCUT2D eigenvalue weighted by molar-refractivity contribution is 4.81. The number of hydrogen-bond donors (Lipinski definition) is 2. The Kier molecular flexibility index (Phi) is 7.11. The lowest BCUT2D eigenvalue weighted by molar-refractivity contribution is -0.0384. The van der Waals surface area contributed by atoms with Gasteiger partial charge in [-0.25, -0.2) is 0 Å². The van der Waals surface area contributed by atoms with Crippen molar-refractivity contribution in [3.05, 3.63) is 0 Å². The zero-order valence-corrected chi connectivity index (χ0v) is 11.8. The fourth-order valence-corrected chi connectivity index (χ4v) is 2.37. The number of aliphatic hydroxyl groups is 1. The van der Waals surface area contributed by atoms with Crippen molar-refractivity contribution in [3.63, 3.8) is 0 Å². The molecule has 5 heteroatoms. The van der Waals surface area contributed by atoms with E-state index in [0.717, 1.165) is 19.5 Å². The number of rotatable bonds is 8. The van der Waals surface area contributed by atoms with Gasteiger partial charge in [0.05, 0.1) is 25.4 Å². The van der Waals surface area contributed by atoms with Crippen LogP contribution in [0.5, 0.6) is 0 Å². The molecule has 0 bridgehead atoms. The van der Waals surface area contributed by atoms with Gasteiger partial charge in [-0.2, -0.15) is 0 Å². The Balaban J connectivity index is 2.15. The molecule has 0 amide bonds. The second-order valence-corrected chi connectivity index (χ2v) is 5.42. The van der Waals surface area contributed by atoms with E-state index in [-0.39, 0.29) is 12.1 Å². The minimum atomic E-state index is -0.434. The molecule has 1 heterocycles. The van der Waals surface area contributed by atoms with E-state index in [1.165, 1.54) is 0 Å². The van der Waals surface area contributed by atoms with Gasteiger partial charge < -0.3 is 25.2 Å². The third kappa shape index (κ3) is 5.63. The summed E-state index contributed by atoms with van der Waals surface area (Å²) >= 11 is 0. The smallest absolute Gasteiger partial charge is 0.0900 e. The van der Waals surface area contributed by atoms with Gasteiger partial charge in [0, 0.05) is 26.2 Å². The molecule has 5 nitrogen and oxygen atoms in total. The van der Waals surface area contributed by atoms with Gasteiger partial charge in [0.25, 0.3) is 0 Å². The predicted molar refractivity (Wildman–Crippen MR) is 71.5 cm³/mol. The zero-order valence-electron chi connectivity index (χ0n) is 11.8. The van der Waals surface area contributed by atoms with E-state index in [1.54, 1.807) is 7.11 Å². The fourth-order valence-electron chi connectivity index (χ4n) is 2.37. The van der Waals surface area contributed by atoms with Gasteiger partial charge >= 0.3 is 0 Å². The van der Waals surface area contributed by atoms with Crippen LogP contribution in [0.25, 0.3) is 0 Å². The van der Waals surface area contributed by atoms with Gasteiger partial charge in [0.1, 0.15) is 0 Å². The maximum Gasteiger partial charge on any atom is 0.0900 e. The number of methoxy groups -OCH3 is 1. The second kappa shape index (κ2) is 8.07. The van der Waals surface area contributed by atoms with Crippen LogP contribution in [0.4, 0.5) is 0 Å². The molecule has 1 fully saturated rings. The second-order valence-electron chi connectivity index (χ2n) is 5.42. The Bertz CT molecular complexity index is 226. The van der Waals surface area contributed by atoms with Crippen molar-refractivity contribution in [3.8, 4) is 0 Å². The van der Waals surface area contributed by atoms with Crippen molar-refractivity contribution in [1.29, 1.82) is 0 Å². The molecular formula is C13H28N2O3. The molecule has 0 aromatic rings. The Morgan fingerprint density at radius 2 is 2.11 bits per heavy atom.